The second-order valence-corrected chi connectivity index (χ2v) is 3.99. The molecule has 0 atom stereocenters. The van der Waals surface area contributed by atoms with Crippen LogP contribution in [0.1, 0.15) is 12.0 Å². The summed E-state index contributed by atoms with van der Waals surface area (Å²) in [6.07, 6.45) is 1.10. The van der Waals surface area contributed by atoms with Crippen molar-refractivity contribution in [2.45, 2.75) is 13.3 Å². The molecule has 1 saturated heterocycles. The van der Waals surface area contributed by atoms with Gasteiger partial charge in [-0.15, -0.1) is 0 Å². The number of benzene rings is 1. The second-order valence-electron chi connectivity index (χ2n) is 3.99. The van der Waals surface area contributed by atoms with E-state index >= 15 is 0 Å². The van der Waals surface area contributed by atoms with Crippen LogP contribution < -0.4 is 10.6 Å². The Balaban J connectivity index is 2.16. The Morgan fingerprint density at radius 3 is 2.93 bits per heavy atom. The minimum atomic E-state index is 0.823. The second kappa shape index (κ2) is 4.53. The van der Waals surface area contributed by atoms with Crippen LogP contribution in [0, 0.1) is 6.92 Å². The summed E-state index contributed by atoms with van der Waals surface area (Å²) in [5.74, 6) is 0. The van der Waals surface area contributed by atoms with Gasteiger partial charge in [0.25, 0.3) is 0 Å². The molecular weight excluding hydrogens is 188 g/mol. The zero-order valence-electron chi connectivity index (χ0n) is 9.20. The van der Waals surface area contributed by atoms with Crippen molar-refractivity contribution in [3.8, 4) is 0 Å². The van der Waals surface area contributed by atoms with Crippen molar-refractivity contribution in [2.24, 2.45) is 0 Å². The lowest BCUT2D eigenvalue weighted by molar-refractivity contribution is 0.152. The van der Waals surface area contributed by atoms with E-state index in [-0.39, 0.29) is 0 Å². The van der Waals surface area contributed by atoms with Crippen molar-refractivity contribution in [2.75, 3.05) is 36.9 Å². The maximum atomic E-state index is 5.81. The van der Waals surface area contributed by atoms with Crippen molar-refractivity contribution >= 4 is 11.4 Å². The van der Waals surface area contributed by atoms with Crippen LogP contribution in [0.5, 0.6) is 0 Å². The SMILES string of the molecule is Cc1cc(N2CCCOCC2)ccc1N. The van der Waals surface area contributed by atoms with Crippen molar-refractivity contribution < 1.29 is 4.74 Å². The van der Waals surface area contributed by atoms with E-state index in [1.54, 1.807) is 0 Å². The average Bonchev–Trinajstić information content (AvgIpc) is 2.50. The number of aryl methyl sites for hydroxylation is 1. The lowest BCUT2D eigenvalue weighted by Gasteiger charge is -2.22. The van der Waals surface area contributed by atoms with Crippen molar-refractivity contribution in [1.82, 2.24) is 0 Å². The first-order valence-corrected chi connectivity index (χ1v) is 5.46. The number of hydrogen-bond donors (Lipinski definition) is 1. The molecule has 82 valence electrons. The molecule has 1 aromatic rings. The number of nitrogen functional groups attached to an aromatic ring is 1. The van der Waals surface area contributed by atoms with Gasteiger partial charge >= 0.3 is 0 Å². The monoisotopic (exact) mass is 206 g/mol. The Morgan fingerprint density at radius 1 is 1.27 bits per heavy atom. The number of ether oxygens (including phenoxy) is 1. The molecule has 0 aromatic heterocycles. The van der Waals surface area contributed by atoms with Crippen LogP contribution in [0.4, 0.5) is 11.4 Å². The van der Waals surface area contributed by atoms with Gasteiger partial charge in [-0.05, 0) is 37.1 Å². The Bertz CT molecular complexity index is 330. The third-order valence-electron chi connectivity index (χ3n) is 2.84. The summed E-state index contributed by atoms with van der Waals surface area (Å²) in [4.78, 5) is 2.36. The maximum Gasteiger partial charge on any atom is 0.0641 e. The molecule has 1 heterocycles. The predicted molar refractivity (Wildman–Crippen MR) is 63.2 cm³/mol. The quantitative estimate of drug-likeness (QED) is 0.712. The van der Waals surface area contributed by atoms with Crippen LogP contribution in [0.25, 0.3) is 0 Å². The van der Waals surface area contributed by atoms with Crippen molar-refractivity contribution in [1.29, 1.82) is 0 Å². The molecule has 0 unspecified atom stereocenters. The van der Waals surface area contributed by atoms with Gasteiger partial charge in [0.05, 0.1) is 6.61 Å². The predicted octanol–water partition coefficient (Wildman–Crippen LogP) is 1.80. The van der Waals surface area contributed by atoms with Gasteiger partial charge in [-0.25, -0.2) is 0 Å². The highest BCUT2D eigenvalue weighted by Crippen LogP contribution is 2.21. The standard InChI is InChI=1S/C12H18N2O/c1-10-9-11(3-4-12(10)13)14-5-2-7-15-8-6-14/h3-4,9H,2,5-8,13H2,1H3. The summed E-state index contributed by atoms with van der Waals surface area (Å²) in [6.45, 7) is 5.80. The first-order valence-electron chi connectivity index (χ1n) is 5.46. The van der Waals surface area contributed by atoms with Crippen LogP contribution in [-0.2, 0) is 4.74 Å². The van der Waals surface area contributed by atoms with Gasteiger partial charge in [-0.2, -0.15) is 0 Å². The summed E-state index contributed by atoms with van der Waals surface area (Å²) in [6, 6.07) is 6.23. The highest BCUT2D eigenvalue weighted by molar-refractivity contribution is 5.58. The molecule has 3 heteroatoms. The fourth-order valence-electron chi connectivity index (χ4n) is 1.86. The summed E-state index contributed by atoms with van der Waals surface area (Å²) in [5.41, 5.74) is 9.08. The lowest BCUT2D eigenvalue weighted by Crippen LogP contribution is -2.25. The number of rotatable bonds is 1. The molecule has 0 spiro atoms. The van der Waals surface area contributed by atoms with Gasteiger partial charge in [-0.3, -0.25) is 0 Å². The van der Waals surface area contributed by atoms with E-state index < -0.39 is 0 Å². The lowest BCUT2D eigenvalue weighted by atomic mass is 10.1. The molecule has 1 fully saturated rings. The van der Waals surface area contributed by atoms with Gasteiger partial charge < -0.3 is 15.4 Å². The Kier molecular flexibility index (Phi) is 3.11. The first-order chi connectivity index (χ1) is 7.27. The molecule has 3 nitrogen and oxygen atoms in total. The number of nitrogens with zero attached hydrogens (tertiary/aromatic N) is 1. The van der Waals surface area contributed by atoms with Crippen molar-refractivity contribution in [3.05, 3.63) is 23.8 Å². The smallest absolute Gasteiger partial charge is 0.0641 e. The van der Waals surface area contributed by atoms with Crippen molar-refractivity contribution in [3.63, 3.8) is 0 Å². The van der Waals surface area contributed by atoms with E-state index in [1.807, 2.05) is 13.0 Å². The van der Waals surface area contributed by atoms with E-state index in [9.17, 15) is 0 Å². The molecular formula is C12H18N2O. The molecule has 0 aliphatic carbocycles. The van der Waals surface area contributed by atoms with Gasteiger partial charge in [0.2, 0.25) is 0 Å². The maximum absolute atomic E-state index is 5.81. The molecule has 1 aliphatic rings. The molecule has 0 saturated carbocycles. The minimum Gasteiger partial charge on any atom is -0.399 e. The fraction of sp³-hybridized carbons (Fsp3) is 0.500. The van der Waals surface area contributed by atoms with E-state index in [0.29, 0.717) is 0 Å². The Morgan fingerprint density at radius 2 is 2.13 bits per heavy atom. The molecule has 1 aliphatic heterocycles. The third-order valence-corrected chi connectivity index (χ3v) is 2.84. The highest BCUT2D eigenvalue weighted by Gasteiger charge is 2.10. The van der Waals surface area contributed by atoms with Gasteiger partial charge in [0.15, 0.2) is 0 Å². The molecule has 2 rings (SSSR count). The molecule has 0 bridgehead atoms. The van der Waals surface area contributed by atoms with Crippen LogP contribution in [0.2, 0.25) is 0 Å². The molecule has 1 aromatic carbocycles. The average molecular weight is 206 g/mol. The number of nitrogens with two attached hydrogens (primary N) is 1. The van der Waals surface area contributed by atoms with Crippen LogP contribution >= 0.6 is 0 Å². The highest BCUT2D eigenvalue weighted by atomic mass is 16.5. The summed E-state index contributed by atoms with van der Waals surface area (Å²) < 4.78 is 5.43. The summed E-state index contributed by atoms with van der Waals surface area (Å²) in [5, 5.41) is 0. The zero-order chi connectivity index (χ0) is 10.7. The molecule has 15 heavy (non-hydrogen) atoms. The largest absolute Gasteiger partial charge is 0.399 e. The number of hydrogen-bond acceptors (Lipinski definition) is 3. The molecule has 0 radical (unpaired) electrons. The van der Waals surface area contributed by atoms with E-state index in [2.05, 4.69) is 17.0 Å². The third kappa shape index (κ3) is 2.42. The first kappa shape index (κ1) is 10.3. The Labute approximate surface area is 90.8 Å². The van der Waals surface area contributed by atoms with Crippen LogP contribution in [-0.4, -0.2) is 26.3 Å². The topological polar surface area (TPSA) is 38.5 Å². The van der Waals surface area contributed by atoms with Gasteiger partial charge in [-0.1, -0.05) is 0 Å². The molecule has 0 amide bonds. The van der Waals surface area contributed by atoms with Gasteiger partial charge in [0, 0.05) is 31.1 Å². The van der Waals surface area contributed by atoms with Crippen LogP contribution in [0.15, 0.2) is 18.2 Å². The van der Waals surface area contributed by atoms with E-state index in [4.69, 9.17) is 10.5 Å². The van der Waals surface area contributed by atoms with E-state index in [1.165, 1.54) is 5.69 Å². The minimum absolute atomic E-state index is 0.823. The summed E-state index contributed by atoms with van der Waals surface area (Å²) in [7, 11) is 0. The summed E-state index contributed by atoms with van der Waals surface area (Å²) >= 11 is 0. The fourth-order valence-corrected chi connectivity index (χ4v) is 1.86. The number of anilines is 2. The normalized spacial score (nSPS) is 17.5. The zero-order valence-corrected chi connectivity index (χ0v) is 9.20. The van der Waals surface area contributed by atoms with Gasteiger partial charge in [0.1, 0.15) is 0 Å². The van der Waals surface area contributed by atoms with E-state index in [0.717, 1.165) is 44.0 Å². The molecule has 2 N–H and O–H groups in total. The van der Waals surface area contributed by atoms with Crippen LogP contribution in [0.3, 0.4) is 0 Å². The Hall–Kier alpha value is -1.22.